The standard InChI is InChI=1S/C15H20F2O4/c1-2-21-14(19)15(16,17)13(18)9-6-10-20-11-12-7-4-3-5-8-12/h3-5,7-8,13,18H,2,6,9-11H2,1H3. The number of hydrogen-bond donors (Lipinski definition) is 1. The highest BCUT2D eigenvalue weighted by Crippen LogP contribution is 2.23. The quantitative estimate of drug-likeness (QED) is 0.562. The second-order valence-electron chi connectivity index (χ2n) is 4.54. The Balaban J connectivity index is 2.24. The molecule has 0 saturated heterocycles. The average Bonchev–Trinajstić information content (AvgIpc) is 2.48. The van der Waals surface area contributed by atoms with E-state index in [1.807, 2.05) is 30.3 Å². The maximum atomic E-state index is 13.4. The number of rotatable bonds is 9. The number of carbonyl (C=O) groups excluding carboxylic acids is 1. The SMILES string of the molecule is CCOC(=O)C(F)(F)C(O)CCCOCc1ccccc1. The summed E-state index contributed by atoms with van der Waals surface area (Å²) in [4.78, 5) is 11.0. The second-order valence-corrected chi connectivity index (χ2v) is 4.54. The van der Waals surface area contributed by atoms with E-state index in [1.54, 1.807) is 0 Å². The molecule has 0 amide bonds. The fourth-order valence-electron chi connectivity index (χ4n) is 1.69. The van der Waals surface area contributed by atoms with Crippen molar-refractivity contribution in [2.24, 2.45) is 0 Å². The lowest BCUT2D eigenvalue weighted by molar-refractivity contribution is -0.189. The first kappa shape index (κ1) is 17.5. The number of aliphatic hydroxyl groups is 1. The number of esters is 1. The number of halogens is 2. The monoisotopic (exact) mass is 302 g/mol. The van der Waals surface area contributed by atoms with Crippen molar-refractivity contribution < 1.29 is 28.2 Å². The van der Waals surface area contributed by atoms with Crippen molar-refractivity contribution in [2.75, 3.05) is 13.2 Å². The van der Waals surface area contributed by atoms with E-state index in [-0.39, 0.29) is 26.1 Å². The van der Waals surface area contributed by atoms with E-state index in [1.165, 1.54) is 6.92 Å². The summed E-state index contributed by atoms with van der Waals surface area (Å²) >= 11 is 0. The highest BCUT2D eigenvalue weighted by Gasteiger charge is 2.47. The Hall–Kier alpha value is -1.53. The average molecular weight is 302 g/mol. The Kier molecular flexibility index (Phi) is 7.25. The molecule has 0 bridgehead atoms. The largest absolute Gasteiger partial charge is 0.461 e. The van der Waals surface area contributed by atoms with Crippen molar-refractivity contribution in [2.45, 2.75) is 38.4 Å². The first-order chi connectivity index (χ1) is 9.98. The maximum absolute atomic E-state index is 13.4. The van der Waals surface area contributed by atoms with Crippen LogP contribution in [0.15, 0.2) is 30.3 Å². The van der Waals surface area contributed by atoms with Crippen LogP contribution in [0.1, 0.15) is 25.3 Å². The Morgan fingerprint density at radius 1 is 1.33 bits per heavy atom. The van der Waals surface area contributed by atoms with E-state index >= 15 is 0 Å². The molecule has 1 rings (SSSR count). The molecule has 0 heterocycles. The summed E-state index contributed by atoms with van der Waals surface area (Å²) in [6.07, 6.45) is -2.07. The fraction of sp³-hybridized carbons (Fsp3) is 0.533. The van der Waals surface area contributed by atoms with Crippen LogP contribution in [-0.4, -0.2) is 36.3 Å². The zero-order valence-electron chi connectivity index (χ0n) is 11.9. The molecular weight excluding hydrogens is 282 g/mol. The molecule has 0 fully saturated rings. The van der Waals surface area contributed by atoms with Gasteiger partial charge in [0.05, 0.1) is 13.2 Å². The molecule has 0 aliphatic carbocycles. The molecule has 1 aromatic carbocycles. The van der Waals surface area contributed by atoms with Gasteiger partial charge in [0.25, 0.3) is 0 Å². The molecular formula is C15H20F2O4. The van der Waals surface area contributed by atoms with Crippen molar-refractivity contribution in [3.63, 3.8) is 0 Å². The van der Waals surface area contributed by atoms with Crippen molar-refractivity contribution in [1.29, 1.82) is 0 Å². The van der Waals surface area contributed by atoms with E-state index in [0.717, 1.165) is 5.56 Å². The van der Waals surface area contributed by atoms with Gasteiger partial charge in [-0.25, -0.2) is 4.79 Å². The lowest BCUT2D eigenvalue weighted by atomic mass is 10.1. The van der Waals surface area contributed by atoms with Crippen LogP contribution in [0.25, 0.3) is 0 Å². The van der Waals surface area contributed by atoms with E-state index in [4.69, 9.17) is 4.74 Å². The van der Waals surface area contributed by atoms with Crippen LogP contribution >= 0.6 is 0 Å². The molecule has 1 unspecified atom stereocenters. The van der Waals surface area contributed by atoms with Crippen LogP contribution < -0.4 is 0 Å². The van der Waals surface area contributed by atoms with Gasteiger partial charge in [0.15, 0.2) is 0 Å². The normalized spacial score (nSPS) is 13.0. The summed E-state index contributed by atoms with van der Waals surface area (Å²) in [5, 5.41) is 9.38. The molecule has 0 radical (unpaired) electrons. The molecule has 6 heteroatoms. The predicted molar refractivity (Wildman–Crippen MR) is 72.9 cm³/mol. The highest BCUT2D eigenvalue weighted by atomic mass is 19.3. The number of aliphatic hydroxyl groups excluding tert-OH is 1. The molecule has 0 saturated carbocycles. The van der Waals surface area contributed by atoms with Crippen LogP contribution in [0, 0.1) is 0 Å². The van der Waals surface area contributed by atoms with Crippen LogP contribution in [0.2, 0.25) is 0 Å². The van der Waals surface area contributed by atoms with Gasteiger partial charge in [-0.15, -0.1) is 0 Å². The lowest BCUT2D eigenvalue weighted by Gasteiger charge is -2.20. The van der Waals surface area contributed by atoms with Crippen LogP contribution in [0.4, 0.5) is 8.78 Å². The first-order valence-electron chi connectivity index (χ1n) is 6.83. The van der Waals surface area contributed by atoms with E-state index in [2.05, 4.69) is 4.74 Å². The van der Waals surface area contributed by atoms with Gasteiger partial charge in [-0.3, -0.25) is 0 Å². The third-order valence-electron chi connectivity index (χ3n) is 2.84. The van der Waals surface area contributed by atoms with Crippen molar-refractivity contribution in [3.05, 3.63) is 35.9 Å². The molecule has 0 aliphatic heterocycles. The molecule has 0 aliphatic rings. The Morgan fingerprint density at radius 2 is 2.00 bits per heavy atom. The minimum absolute atomic E-state index is 0.151. The van der Waals surface area contributed by atoms with Gasteiger partial charge < -0.3 is 14.6 Å². The molecule has 21 heavy (non-hydrogen) atoms. The van der Waals surface area contributed by atoms with Crippen LogP contribution in [-0.2, 0) is 20.9 Å². The van der Waals surface area contributed by atoms with Gasteiger partial charge in [0, 0.05) is 6.61 Å². The van der Waals surface area contributed by atoms with Gasteiger partial charge in [0.1, 0.15) is 6.10 Å². The third-order valence-corrected chi connectivity index (χ3v) is 2.84. The summed E-state index contributed by atoms with van der Waals surface area (Å²) in [5.74, 6) is -5.57. The van der Waals surface area contributed by atoms with Crippen molar-refractivity contribution >= 4 is 5.97 Å². The van der Waals surface area contributed by atoms with Gasteiger partial charge in [-0.2, -0.15) is 8.78 Å². The number of alkyl halides is 2. The predicted octanol–water partition coefficient (Wildman–Crippen LogP) is 2.54. The molecule has 0 spiro atoms. The molecule has 1 aromatic rings. The lowest BCUT2D eigenvalue weighted by Crippen LogP contribution is -2.42. The Bertz CT molecular complexity index is 423. The topological polar surface area (TPSA) is 55.8 Å². The summed E-state index contributed by atoms with van der Waals surface area (Å²) in [7, 11) is 0. The first-order valence-corrected chi connectivity index (χ1v) is 6.83. The Morgan fingerprint density at radius 3 is 2.62 bits per heavy atom. The number of hydrogen-bond acceptors (Lipinski definition) is 4. The zero-order valence-corrected chi connectivity index (χ0v) is 11.9. The molecule has 4 nitrogen and oxygen atoms in total. The minimum atomic E-state index is -3.88. The van der Waals surface area contributed by atoms with Gasteiger partial charge in [-0.1, -0.05) is 30.3 Å². The van der Waals surface area contributed by atoms with Gasteiger partial charge in [-0.05, 0) is 25.3 Å². The second kappa shape index (κ2) is 8.69. The summed E-state index contributed by atoms with van der Waals surface area (Å²) in [5.41, 5.74) is 0.981. The smallest absolute Gasteiger partial charge is 0.379 e. The molecule has 1 N–H and O–H groups in total. The van der Waals surface area contributed by atoms with E-state index in [0.29, 0.717) is 6.61 Å². The van der Waals surface area contributed by atoms with E-state index < -0.39 is 18.0 Å². The van der Waals surface area contributed by atoms with Gasteiger partial charge in [0.2, 0.25) is 0 Å². The fourth-order valence-corrected chi connectivity index (χ4v) is 1.69. The maximum Gasteiger partial charge on any atom is 0.379 e. The Labute approximate surface area is 122 Å². The summed E-state index contributed by atoms with van der Waals surface area (Å²) < 4.78 is 36.4. The van der Waals surface area contributed by atoms with E-state index in [9.17, 15) is 18.7 Å². The number of ether oxygens (including phenoxy) is 2. The van der Waals surface area contributed by atoms with Crippen LogP contribution in [0.5, 0.6) is 0 Å². The minimum Gasteiger partial charge on any atom is -0.461 e. The number of benzene rings is 1. The number of carbonyl (C=O) groups is 1. The molecule has 0 aromatic heterocycles. The van der Waals surface area contributed by atoms with Crippen molar-refractivity contribution in [1.82, 2.24) is 0 Å². The highest BCUT2D eigenvalue weighted by molar-refractivity contribution is 5.78. The summed E-state index contributed by atoms with van der Waals surface area (Å²) in [6.45, 7) is 1.88. The molecule has 1 atom stereocenters. The van der Waals surface area contributed by atoms with Gasteiger partial charge >= 0.3 is 11.9 Å². The van der Waals surface area contributed by atoms with Crippen LogP contribution in [0.3, 0.4) is 0 Å². The molecule has 118 valence electrons. The summed E-state index contributed by atoms with van der Waals surface area (Å²) in [6, 6.07) is 9.43. The third kappa shape index (κ3) is 5.77. The van der Waals surface area contributed by atoms with Crippen molar-refractivity contribution in [3.8, 4) is 0 Å². The zero-order chi connectivity index (χ0) is 15.7.